The number of hydrogen-bond donors (Lipinski definition) is 1. The summed E-state index contributed by atoms with van der Waals surface area (Å²) in [6.45, 7) is 1.66. The molecule has 2 rings (SSSR count). The van der Waals surface area contributed by atoms with Crippen LogP contribution in [0.25, 0.3) is 0 Å². The fourth-order valence-corrected chi connectivity index (χ4v) is 1.51. The number of alkyl halides is 3. The van der Waals surface area contributed by atoms with E-state index in [-0.39, 0.29) is 0 Å². The second-order valence-electron chi connectivity index (χ2n) is 3.25. The third kappa shape index (κ3) is 1.69. The molecule has 14 heavy (non-hydrogen) atoms. The summed E-state index contributed by atoms with van der Waals surface area (Å²) in [5, 5.41) is 2.31. The molecule has 6 heteroatoms. The van der Waals surface area contributed by atoms with Crippen LogP contribution in [0.15, 0.2) is 16.8 Å². The van der Waals surface area contributed by atoms with Gasteiger partial charge in [-0.2, -0.15) is 13.2 Å². The zero-order valence-corrected chi connectivity index (χ0v) is 7.43. The van der Waals surface area contributed by atoms with Gasteiger partial charge in [0, 0.05) is 19.6 Å². The van der Waals surface area contributed by atoms with E-state index >= 15 is 0 Å². The number of hydrogen-bond acceptors (Lipinski definition) is 3. The van der Waals surface area contributed by atoms with Gasteiger partial charge in [-0.25, -0.2) is 0 Å². The van der Waals surface area contributed by atoms with Crippen molar-refractivity contribution in [2.75, 3.05) is 19.6 Å². The first-order valence-electron chi connectivity index (χ1n) is 4.41. The van der Waals surface area contributed by atoms with E-state index in [9.17, 15) is 13.2 Å². The third-order valence-electron chi connectivity index (χ3n) is 2.21. The van der Waals surface area contributed by atoms with Crippen LogP contribution < -0.4 is 5.32 Å². The van der Waals surface area contributed by atoms with E-state index in [1.807, 2.05) is 0 Å². The lowest BCUT2D eigenvalue weighted by Crippen LogP contribution is -2.49. The summed E-state index contributed by atoms with van der Waals surface area (Å²) in [4.78, 5) is 5.81. The van der Waals surface area contributed by atoms with Crippen molar-refractivity contribution in [3.63, 3.8) is 0 Å². The van der Waals surface area contributed by atoms with Gasteiger partial charge in [-0.1, -0.05) is 0 Å². The minimum absolute atomic E-state index is 0.292. The number of halogens is 3. The Balaban J connectivity index is 2.17. The lowest BCUT2D eigenvalue weighted by molar-refractivity contribution is -0.0960. The average Bonchev–Trinajstić information content (AvgIpc) is 2.16. The highest BCUT2D eigenvalue weighted by Crippen LogP contribution is 2.25. The van der Waals surface area contributed by atoms with Crippen molar-refractivity contribution in [2.45, 2.75) is 12.6 Å². The van der Waals surface area contributed by atoms with E-state index in [4.69, 9.17) is 0 Å². The molecular formula is C8H10F3N3. The SMILES string of the molecule is FC(F)(F)C1=CCN2CCCN=C2N1. The minimum atomic E-state index is -4.30. The maximum absolute atomic E-state index is 12.3. The van der Waals surface area contributed by atoms with Crippen molar-refractivity contribution in [3.05, 3.63) is 11.8 Å². The highest BCUT2D eigenvalue weighted by molar-refractivity contribution is 5.83. The van der Waals surface area contributed by atoms with Crippen molar-refractivity contribution in [2.24, 2.45) is 4.99 Å². The predicted octanol–water partition coefficient (Wildman–Crippen LogP) is 1.10. The van der Waals surface area contributed by atoms with Crippen molar-refractivity contribution < 1.29 is 13.2 Å². The summed E-state index contributed by atoms with van der Waals surface area (Å²) in [6.07, 6.45) is -2.24. The second-order valence-corrected chi connectivity index (χ2v) is 3.25. The van der Waals surface area contributed by atoms with Crippen LogP contribution in [0.1, 0.15) is 6.42 Å². The molecule has 0 spiro atoms. The molecule has 2 heterocycles. The molecule has 1 N–H and O–H groups in total. The van der Waals surface area contributed by atoms with Gasteiger partial charge in [0.25, 0.3) is 0 Å². The van der Waals surface area contributed by atoms with E-state index in [2.05, 4.69) is 10.3 Å². The van der Waals surface area contributed by atoms with Crippen LogP contribution >= 0.6 is 0 Å². The Labute approximate surface area is 79.3 Å². The molecule has 0 aromatic carbocycles. The molecule has 2 aliphatic rings. The Morgan fingerprint density at radius 3 is 2.93 bits per heavy atom. The molecule has 0 aliphatic carbocycles. The van der Waals surface area contributed by atoms with E-state index in [0.29, 0.717) is 19.0 Å². The average molecular weight is 205 g/mol. The quantitative estimate of drug-likeness (QED) is 0.641. The molecular weight excluding hydrogens is 195 g/mol. The number of fused-ring (bicyclic) bond motifs is 1. The van der Waals surface area contributed by atoms with Crippen LogP contribution in [-0.2, 0) is 0 Å². The lowest BCUT2D eigenvalue weighted by Gasteiger charge is -2.33. The summed E-state index contributed by atoms with van der Waals surface area (Å²) >= 11 is 0. The number of nitrogens with one attached hydrogen (secondary N) is 1. The maximum atomic E-state index is 12.3. The van der Waals surface area contributed by atoms with Gasteiger partial charge in [0.1, 0.15) is 5.70 Å². The van der Waals surface area contributed by atoms with Gasteiger partial charge in [-0.3, -0.25) is 4.99 Å². The molecule has 78 valence electrons. The molecule has 2 aliphatic heterocycles. The highest BCUT2D eigenvalue weighted by Gasteiger charge is 2.37. The van der Waals surface area contributed by atoms with E-state index < -0.39 is 11.9 Å². The highest BCUT2D eigenvalue weighted by atomic mass is 19.4. The number of rotatable bonds is 0. The summed E-state index contributed by atoms with van der Waals surface area (Å²) < 4.78 is 36.9. The van der Waals surface area contributed by atoms with Crippen LogP contribution in [0.4, 0.5) is 13.2 Å². The van der Waals surface area contributed by atoms with Crippen molar-refractivity contribution in [3.8, 4) is 0 Å². The first kappa shape index (κ1) is 9.36. The van der Waals surface area contributed by atoms with Crippen molar-refractivity contribution in [1.29, 1.82) is 0 Å². The van der Waals surface area contributed by atoms with E-state index in [1.54, 1.807) is 4.90 Å². The van der Waals surface area contributed by atoms with Gasteiger partial charge in [0.05, 0.1) is 0 Å². The van der Waals surface area contributed by atoms with Gasteiger partial charge >= 0.3 is 6.18 Å². The molecule has 0 amide bonds. The standard InChI is InChI=1S/C8H10F3N3/c9-8(10,11)6-2-5-14-4-1-3-12-7(14)13-6/h2H,1,3-5H2,(H,12,13). The zero-order chi connectivity index (χ0) is 10.2. The van der Waals surface area contributed by atoms with Gasteiger partial charge in [-0.15, -0.1) is 0 Å². The fraction of sp³-hybridized carbons (Fsp3) is 0.625. The van der Waals surface area contributed by atoms with Crippen LogP contribution in [0, 0.1) is 0 Å². The lowest BCUT2D eigenvalue weighted by atomic mass is 10.2. The molecule has 0 bridgehead atoms. The Morgan fingerprint density at radius 2 is 2.21 bits per heavy atom. The molecule has 0 aromatic heterocycles. The van der Waals surface area contributed by atoms with Crippen molar-refractivity contribution in [1.82, 2.24) is 10.2 Å². The molecule has 0 aromatic rings. The molecule has 0 unspecified atom stereocenters. The normalized spacial score (nSPS) is 22.1. The Morgan fingerprint density at radius 1 is 1.43 bits per heavy atom. The van der Waals surface area contributed by atoms with Crippen molar-refractivity contribution >= 4 is 5.96 Å². The Hall–Kier alpha value is -1.20. The Kier molecular flexibility index (Phi) is 2.13. The number of guanidine groups is 1. The van der Waals surface area contributed by atoms with Gasteiger partial charge in [0.15, 0.2) is 5.96 Å². The van der Waals surface area contributed by atoms with Gasteiger partial charge < -0.3 is 10.2 Å². The molecule has 0 saturated carbocycles. The molecule has 0 fully saturated rings. The molecule has 0 atom stereocenters. The monoisotopic (exact) mass is 205 g/mol. The minimum Gasteiger partial charge on any atom is -0.339 e. The smallest absolute Gasteiger partial charge is 0.339 e. The summed E-state index contributed by atoms with van der Waals surface area (Å²) in [5.41, 5.74) is -0.700. The zero-order valence-electron chi connectivity index (χ0n) is 7.43. The number of nitrogens with zero attached hydrogens (tertiary/aromatic N) is 2. The van der Waals surface area contributed by atoms with Gasteiger partial charge in [0.2, 0.25) is 0 Å². The molecule has 0 saturated heterocycles. The second kappa shape index (κ2) is 3.18. The number of aliphatic imine (C=N–C) groups is 1. The maximum Gasteiger partial charge on any atom is 0.431 e. The van der Waals surface area contributed by atoms with Gasteiger partial charge in [-0.05, 0) is 12.5 Å². The van der Waals surface area contributed by atoms with E-state index in [0.717, 1.165) is 19.0 Å². The third-order valence-corrected chi connectivity index (χ3v) is 2.21. The summed E-state index contributed by atoms with van der Waals surface area (Å²) in [5.74, 6) is 0.353. The predicted molar refractivity (Wildman–Crippen MR) is 45.8 cm³/mol. The number of allylic oxidation sites excluding steroid dienone is 1. The van der Waals surface area contributed by atoms with Crippen LogP contribution in [0.2, 0.25) is 0 Å². The van der Waals surface area contributed by atoms with Crippen LogP contribution in [0.5, 0.6) is 0 Å². The Bertz CT molecular complexity index is 293. The van der Waals surface area contributed by atoms with Crippen LogP contribution in [0.3, 0.4) is 0 Å². The topological polar surface area (TPSA) is 27.6 Å². The molecule has 3 nitrogen and oxygen atoms in total. The largest absolute Gasteiger partial charge is 0.431 e. The molecule has 0 radical (unpaired) electrons. The first-order valence-corrected chi connectivity index (χ1v) is 4.41. The van der Waals surface area contributed by atoms with E-state index in [1.165, 1.54) is 0 Å². The summed E-state index contributed by atoms with van der Waals surface area (Å²) in [6, 6.07) is 0. The summed E-state index contributed by atoms with van der Waals surface area (Å²) in [7, 11) is 0. The van der Waals surface area contributed by atoms with Crippen LogP contribution in [-0.4, -0.2) is 36.7 Å². The first-order chi connectivity index (χ1) is 6.57. The fourth-order valence-electron chi connectivity index (χ4n) is 1.51.